The molecule has 0 rings (SSSR count). The maximum absolute atomic E-state index is 13.0. The van der Waals surface area contributed by atoms with Gasteiger partial charge in [-0.25, -0.2) is 9.13 Å². The van der Waals surface area contributed by atoms with E-state index >= 15 is 0 Å². The fourth-order valence-electron chi connectivity index (χ4n) is 9.72. The second-order valence-electron chi connectivity index (χ2n) is 25.3. The first-order valence-electron chi connectivity index (χ1n) is 34.3. The highest BCUT2D eigenvalue weighted by atomic mass is 31.2. The Labute approximate surface area is 517 Å². The largest absolute Gasteiger partial charge is 0.472 e. The van der Waals surface area contributed by atoms with Gasteiger partial charge in [-0.2, -0.15) is 0 Å². The highest BCUT2D eigenvalue weighted by molar-refractivity contribution is 7.47. The molecule has 85 heavy (non-hydrogen) atoms. The normalized spacial score (nSPS) is 15.0. The molecule has 0 aliphatic heterocycles. The summed E-state index contributed by atoms with van der Waals surface area (Å²) in [6.07, 6.45) is 36.2. The third-order valence-corrected chi connectivity index (χ3v) is 17.7. The Morgan fingerprint density at radius 1 is 0.329 bits per heavy atom. The van der Waals surface area contributed by atoms with E-state index in [4.69, 9.17) is 37.0 Å². The molecular weight excluding hydrogens is 1130 g/mol. The minimum atomic E-state index is -4.95. The molecule has 0 aromatic carbocycles. The smallest absolute Gasteiger partial charge is 0.462 e. The third-order valence-electron chi connectivity index (χ3n) is 15.8. The van der Waals surface area contributed by atoms with E-state index in [1.165, 1.54) is 116 Å². The van der Waals surface area contributed by atoms with Gasteiger partial charge in [0.1, 0.15) is 19.3 Å². The van der Waals surface area contributed by atoms with Crippen LogP contribution in [0.15, 0.2) is 0 Å². The topological polar surface area (TPSA) is 237 Å². The maximum Gasteiger partial charge on any atom is 0.472 e. The van der Waals surface area contributed by atoms with Crippen LogP contribution in [0.25, 0.3) is 0 Å². The Kier molecular flexibility index (Phi) is 54.8. The first kappa shape index (κ1) is 83.1. The van der Waals surface area contributed by atoms with Gasteiger partial charge in [-0.3, -0.25) is 37.3 Å². The van der Waals surface area contributed by atoms with E-state index in [-0.39, 0.29) is 25.7 Å². The van der Waals surface area contributed by atoms with E-state index in [2.05, 4.69) is 55.4 Å². The Morgan fingerprint density at radius 2 is 0.565 bits per heavy atom. The number of aliphatic hydroxyl groups excluding tert-OH is 1. The maximum atomic E-state index is 13.0. The summed E-state index contributed by atoms with van der Waals surface area (Å²) in [6.45, 7) is 14.0. The lowest BCUT2D eigenvalue weighted by Gasteiger charge is -2.21. The molecule has 0 aliphatic rings. The molecule has 17 nitrogen and oxygen atoms in total. The number of rotatable bonds is 63. The molecule has 504 valence electrons. The summed E-state index contributed by atoms with van der Waals surface area (Å²) in [5.74, 6) is 0.825. The second-order valence-corrected chi connectivity index (χ2v) is 28.2. The predicted octanol–water partition coefficient (Wildman–Crippen LogP) is 18.1. The van der Waals surface area contributed by atoms with Gasteiger partial charge in [0.25, 0.3) is 0 Å². The molecule has 0 aliphatic carbocycles. The first-order chi connectivity index (χ1) is 40.7. The van der Waals surface area contributed by atoms with Crippen molar-refractivity contribution in [1.29, 1.82) is 0 Å². The molecule has 19 heteroatoms. The minimum absolute atomic E-state index is 0.103. The molecule has 0 aromatic rings. The van der Waals surface area contributed by atoms with Gasteiger partial charge in [-0.15, -0.1) is 0 Å². The quantitative estimate of drug-likeness (QED) is 0.0222. The Morgan fingerprint density at radius 3 is 0.835 bits per heavy atom. The van der Waals surface area contributed by atoms with E-state index in [0.717, 1.165) is 120 Å². The second kappa shape index (κ2) is 56.1. The van der Waals surface area contributed by atoms with Gasteiger partial charge in [0.15, 0.2) is 12.2 Å². The molecule has 0 saturated carbocycles. The summed E-state index contributed by atoms with van der Waals surface area (Å²) in [7, 11) is -9.90. The molecule has 0 heterocycles. The van der Waals surface area contributed by atoms with Gasteiger partial charge in [0.05, 0.1) is 26.4 Å². The molecule has 4 unspecified atom stereocenters. The predicted molar refractivity (Wildman–Crippen MR) is 340 cm³/mol. The fourth-order valence-corrected chi connectivity index (χ4v) is 11.3. The molecule has 0 aromatic heterocycles. The summed E-state index contributed by atoms with van der Waals surface area (Å²) in [6, 6.07) is 0. The summed E-state index contributed by atoms with van der Waals surface area (Å²) in [5, 5.41) is 10.6. The lowest BCUT2D eigenvalue weighted by atomic mass is 9.99. The number of carbonyl (C=O) groups is 4. The number of phosphoric ester groups is 2. The number of hydrogen-bond acceptors (Lipinski definition) is 15. The highest BCUT2D eigenvalue weighted by Crippen LogP contribution is 2.45. The van der Waals surface area contributed by atoms with Crippen molar-refractivity contribution < 1.29 is 80.2 Å². The van der Waals surface area contributed by atoms with Crippen molar-refractivity contribution in [1.82, 2.24) is 0 Å². The van der Waals surface area contributed by atoms with E-state index in [1.54, 1.807) is 0 Å². The molecule has 0 spiro atoms. The van der Waals surface area contributed by atoms with Crippen molar-refractivity contribution in [3.8, 4) is 0 Å². The van der Waals surface area contributed by atoms with E-state index in [9.17, 15) is 43.2 Å². The third kappa shape index (κ3) is 58.2. The van der Waals surface area contributed by atoms with Crippen molar-refractivity contribution in [2.24, 2.45) is 23.7 Å². The summed E-state index contributed by atoms with van der Waals surface area (Å²) < 4.78 is 68.1. The van der Waals surface area contributed by atoms with E-state index in [1.807, 2.05) is 0 Å². The number of hydrogen-bond donors (Lipinski definition) is 3. The summed E-state index contributed by atoms with van der Waals surface area (Å²) in [4.78, 5) is 72.3. The number of phosphoric acid groups is 2. The average molecular weight is 1260 g/mol. The SMILES string of the molecule is CCC(C)CCCCCCCCCCC(=O)O[C@H](COC(=O)CCCCCCCCC(C)CC)COP(=O)(O)OC[C@H](O)COP(=O)(O)OC[C@@H](COC(=O)CCCCCCCCCCC(C)C)OC(=O)CCCCCCCCCCCC(C)C. The van der Waals surface area contributed by atoms with Gasteiger partial charge < -0.3 is 33.8 Å². The molecule has 3 N–H and O–H groups in total. The van der Waals surface area contributed by atoms with Gasteiger partial charge >= 0.3 is 39.5 Å². The molecule has 0 bridgehead atoms. The molecule has 7 atom stereocenters. The number of esters is 4. The zero-order chi connectivity index (χ0) is 63.2. The van der Waals surface area contributed by atoms with Crippen LogP contribution in [0.1, 0.15) is 319 Å². The monoisotopic (exact) mass is 1250 g/mol. The van der Waals surface area contributed by atoms with Gasteiger partial charge in [-0.05, 0) is 49.4 Å². The fraction of sp³-hybridized carbons (Fsp3) is 0.939. The number of carbonyl (C=O) groups excluding carboxylic acids is 4. The lowest BCUT2D eigenvalue weighted by Crippen LogP contribution is -2.30. The van der Waals surface area contributed by atoms with Crippen molar-refractivity contribution in [3.63, 3.8) is 0 Å². The molecule has 0 fully saturated rings. The highest BCUT2D eigenvalue weighted by Gasteiger charge is 2.30. The number of ether oxygens (including phenoxy) is 4. The van der Waals surface area contributed by atoms with Crippen LogP contribution in [0, 0.1) is 23.7 Å². The van der Waals surface area contributed by atoms with Crippen LogP contribution < -0.4 is 0 Å². The van der Waals surface area contributed by atoms with Crippen LogP contribution in [0.2, 0.25) is 0 Å². The minimum Gasteiger partial charge on any atom is -0.462 e. The van der Waals surface area contributed by atoms with E-state index < -0.39 is 97.5 Å². The van der Waals surface area contributed by atoms with Crippen molar-refractivity contribution in [2.75, 3.05) is 39.6 Å². The van der Waals surface area contributed by atoms with Crippen LogP contribution in [0.3, 0.4) is 0 Å². The summed E-state index contributed by atoms with van der Waals surface area (Å²) in [5.41, 5.74) is 0. The lowest BCUT2D eigenvalue weighted by molar-refractivity contribution is -0.161. The van der Waals surface area contributed by atoms with Crippen LogP contribution in [0.5, 0.6) is 0 Å². The van der Waals surface area contributed by atoms with Crippen molar-refractivity contribution in [2.45, 2.75) is 337 Å². The number of aliphatic hydroxyl groups is 1. The van der Waals surface area contributed by atoms with Crippen LogP contribution in [0.4, 0.5) is 0 Å². The molecule has 0 saturated heterocycles. The number of unbranched alkanes of at least 4 members (excludes halogenated alkanes) is 27. The Hall–Kier alpha value is -1.94. The molecular formula is C66H128O17P2. The van der Waals surface area contributed by atoms with E-state index in [0.29, 0.717) is 25.7 Å². The van der Waals surface area contributed by atoms with Crippen LogP contribution in [-0.4, -0.2) is 96.7 Å². The summed E-state index contributed by atoms with van der Waals surface area (Å²) >= 11 is 0. The Bertz CT molecular complexity index is 1700. The van der Waals surface area contributed by atoms with Crippen LogP contribution >= 0.6 is 15.6 Å². The zero-order valence-electron chi connectivity index (χ0n) is 55.2. The Balaban J connectivity index is 5.27. The standard InChI is InChI=1S/C66H128O17P2/c1-9-58(7)44-36-28-20-15-17-23-33-41-49-66(71)83-62(53-77-64(69)47-39-31-25-24-29-37-45-59(8)10-2)55-81-85(74,75)79-51-60(67)50-78-84(72,73)80-54-61(52-76-63(68)46-38-30-21-16-14-19-27-35-43-57(5)6)82-65(70)48-40-32-22-13-11-12-18-26-34-42-56(3)4/h56-62,67H,9-55H2,1-8H3,(H,72,73)(H,74,75)/t58?,59?,60-,61-,62-/m1/s1. The average Bonchev–Trinajstić information content (AvgIpc) is 3.49. The zero-order valence-corrected chi connectivity index (χ0v) is 57.0. The van der Waals surface area contributed by atoms with Gasteiger partial charge in [-0.1, -0.05) is 267 Å². The van der Waals surface area contributed by atoms with Gasteiger partial charge in [0, 0.05) is 25.7 Å². The van der Waals surface area contributed by atoms with Gasteiger partial charge in [0.2, 0.25) is 0 Å². The molecule has 0 radical (unpaired) electrons. The van der Waals surface area contributed by atoms with Crippen molar-refractivity contribution >= 4 is 39.5 Å². The first-order valence-corrected chi connectivity index (χ1v) is 37.3. The van der Waals surface area contributed by atoms with Crippen molar-refractivity contribution in [3.05, 3.63) is 0 Å². The van der Waals surface area contributed by atoms with Crippen LogP contribution in [-0.2, 0) is 65.4 Å². The molecule has 0 amide bonds.